The molecule has 0 radical (unpaired) electrons. The Morgan fingerprint density at radius 1 is 1.13 bits per heavy atom. The Hall–Kier alpha value is -3.24. The van der Waals surface area contributed by atoms with Crippen LogP contribution in [0.3, 0.4) is 0 Å². The first-order valence-corrected chi connectivity index (χ1v) is 10.6. The van der Waals surface area contributed by atoms with E-state index in [1.165, 1.54) is 12.1 Å². The first-order chi connectivity index (χ1) is 14.4. The standard InChI is InChI=1S/C20H21N3O6S/c1-3-27-17-7-5-4-6-16(17)20-22-18(29-23-20)13-28-19(24)12-21-30(25,26)15-10-8-14(2)9-11-15/h4-11,21H,3,12-13H2,1-2H3. The minimum absolute atomic E-state index is 0.0652. The van der Waals surface area contributed by atoms with E-state index < -0.39 is 22.5 Å². The SMILES string of the molecule is CCOc1ccccc1-c1noc(COC(=O)CNS(=O)(=O)c2ccc(C)cc2)n1. The summed E-state index contributed by atoms with van der Waals surface area (Å²) in [6.45, 7) is 3.39. The van der Waals surface area contributed by atoms with E-state index >= 15 is 0 Å². The number of aryl methyl sites for hydroxylation is 1. The zero-order valence-electron chi connectivity index (χ0n) is 16.5. The molecular weight excluding hydrogens is 410 g/mol. The van der Waals surface area contributed by atoms with E-state index in [2.05, 4.69) is 14.9 Å². The van der Waals surface area contributed by atoms with E-state index in [0.29, 0.717) is 23.7 Å². The van der Waals surface area contributed by atoms with Gasteiger partial charge in [0.1, 0.15) is 12.3 Å². The van der Waals surface area contributed by atoms with E-state index in [0.717, 1.165) is 5.56 Å². The molecular formula is C20H21N3O6S. The zero-order chi connectivity index (χ0) is 21.6. The van der Waals surface area contributed by atoms with Gasteiger partial charge in [0.25, 0.3) is 5.89 Å². The van der Waals surface area contributed by atoms with Crippen LogP contribution in [0.2, 0.25) is 0 Å². The number of sulfonamides is 1. The molecule has 0 aliphatic heterocycles. The van der Waals surface area contributed by atoms with Gasteiger partial charge in [-0.3, -0.25) is 4.79 Å². The largest absolute Gasteiger partial charge is 0.493 e. The maximum Gasteiger partial charge on any atom is 0.321 e. The molecule has 0 fully saturated rings. The van der Waals surface area contributed by atoms with Crippen LogP contribution < -0.4 is 9.46 Å². The lowest BCUT2D eigenvalue weighted by Gasteiger charge is -2.07. The lowest BCUT2D eigenvalue weighted by Crippen LogP contribution is -2.30. The molecule has 0 unspecified atom stereocenters. The molecule has 3 aromatic rings. The third kappa shape index (κ3) is 5.43. The van der Waals surface area contributed by atoms with E-state index in [-0.39, 0.29) is 17.4 Å². The highest BCUT2D eigenvalue weighted by Crippen LogP contribution is 2.27. The van der Waals surface area contributed by atoms with Crippen molar-refractivity contribution in [2.75, 3.05) is 13.2 Å². The average molecular weight is 431 g/mol. The number of esters is 1. The van der Waals surface area contributed by atoms with Gasteiger partial charge in [0.15, 0.2) is 6.61 Å². The number of para-hydroxylation sites is 1. The first kappa shape index (κ1) is 21.5. The summed E-state index contributed by atoms with van der Waals surface area (Å²) in [5, 5.41) is 3.87. The number of ether oxygens (including phenoxy) is 2. The number of nitrogens with one attached hydrogen (secondary N) is 1. The number of carbonyl (C=O) groups is 1. The van der Waals surface area contributed by atoms with Crippen LogP contribution >= 0.6 is 0 Å². The predicted octanol–water partition coefficient (Wildman–Crippen LogP) is 2.47. The van der Waals surface area contributed by atoms with E-state index in [9.17, 15) is 13.2 Å². The molecule has 0 saturated heterocycles. The second-order valence-electron chi connectivity index (χ2n) is 6.24. The maximum absolute atomic E-state index is 12.2. The Morgan fingerprint density at radius 3 is 2.60 bits per heavy atom. The third-order valence-corrected chi connectivity index (χ3v) is 5.41. The molecule has 0 bridgehead atoms. The number of benzene rings is 2. The van der Waals surface area contributed by atoms with Gasteiger partial charge in [0.05, 0.1) is 17.1 Å². The van der Waals surface area contributed by atoms with Gasteiger partial charge in [-0.15, -0.1) is 0 Å². The fourth-order valence-corrected chi connectivity index (χ4v) is 3.47. The number of rotatable bonds is 9. The highest BCUT2D eigenvalue weighted by Gasteiger charge is 2.17. The van der Waals surface area contributed by atoms with Gasteiger partial charge >= 0.3 is 5.97 Å². The van der Waals surface area contributed by atoms with Crippen molar-refractivity contribution in [1.82, 2.24) is 14.9 Å². The average Bonchev–Trinajstić information content (AvgIpc) is 3.21. The van der Waals surface area contributed by atoms with Crippen LogP contribution in [-0.2, 0) is 26.2 Å². The fourth-order valence-electron chi connectivity index (χ4n) is 2.50. The Kier molecular flexibility index (Phi) is 6.80. The number of nitrogens with zero attached hydrogens (tertiary/aromatic N) is 2. The predicted molar refractivity (Wildman–Crippen MR) is 107 cm³/mol. The highest BCUT2D eigenvalue weighted by atomic mass is 32.2. The van der Waals surface area contributed by atoms with E-state index in [4.69, 9.17) is 14.0 Å². The van der Waals surface area contributed by atoms with Crippen molar-refractivity contribution >= 4 is 16.0 Å². The van der Waals surface area contributed by atoms with Crippen LogP contribution in [0.1, 0.15) is 18.4 Å². The van der Waals surface area contributed by atoms with Gasteiger partial charge in [0.2, 0.25) is 15.8 Å². The molecule has 0 aliphatic carbocycles. The second-order valence-corrected chi connectivity index (χ2v) is 8.01. The number of hydrogen-bond donors (Lipinski definition) is 1. The smallest absolute Gasteiger partial charge is 0.321 e. The van der Waals surface area contributed by atoms with Crippen molar-refractivity contribution in [2.24, 2.45) is 0 Å². The summed E-state index contributed by atoms with van der Waals surface area (Å²) in [6, 6.07) is 13.5. The molecule has 30 heavy (non-hydrogen) atoms. The molecule has 0 amide bonds. The zero-order valence-corrected chi connectivity index (χ0v) is 17.3. The van der Waals surface area contributed by atoms with Crippen LogP contribution in [0.25, 0.3) is 11.4 Å². The molecule has 0 atom stereocenters. The van der Waals surface area contributed by atoms with Crippen molar-refractivity contribution in [1.29, 1.82) is 0 Å². The summed E-state index contributed by atoms with van der Waals surface area (Å²) >= 11 is 0. The molecule has 0 spiro atoms. The van der Waals surface area contributed by atoms with Gasteiger partial charge in [0, 0.05) is 0 Å². The topological polar surface area (TPSA) is 121 Å². The van der Waals surface area contributed by atoms with Gasteiger partial charge in [-0.05, 0) is 38.1 Å². The molecule has 10 heteroatoms. The molecule has 158 valence electrons. The van der Waals surface area contributed by atoms with Crippen LogP contribution in [0.5, 0.6) is 5.75 Å². The van der Waals surface area contributed by atoms with Crippen molar-refractivity contribution in [3.63, 3.8) is 0 Å². The van der Waals surface area contributed by atoms with Crippen molar-refractivity contribution in [3.05, 3.63) is 60.0 Å². The van der Waals surface area contributed by atoms with Crippen molar-refractivity contribution in [3.8, 4) is 17.1 Å². The highest BCUT2D eigenvalue weighted by molar-refractivity contribution is 7.89. The lowest BCUT2D eigenvalue weighted by atomic mass is 10.2. The Morgan fingerprint density at radius 2 is 1.87 bits per heavy atom. The Balaban J connectivity index is 1.55. The molecule has 1 heterocycles. The first-order valence-electron chi connectivity index (χ1n) is 9.16. The van der Waals surface area contributed by atoms with Crippen molar-refractivity contribution in [2.45, 2.75) is 25.3 Å². The summed E-state index contributed by atoms with van der Waals surface area (Å²) in [5.41, 5.74) is 1.57. The monoisotopic (exact) mass is 431 g/mol. The molecule has 1 N–H and O–H groups in total. The van der Waals surface area contributed by atoms with Gasteiger partial charge < -0.3 is 14.0 Å². The minimum Gasteiger partial charge on any atom is -0.493 e. The molecule has 1 aromatic heterocycles. The third-order valence-electron chi connectivity index (χ3n) is 3.99. The molecule has 3 rings (SSSR count). The number of aromatic nitrogens is 2. The summed E-state index contributed by atoms with van der Waals surface area (Å²) in [6.07, 6.45) is 0. The van der Waals surface area contributed by atoms with Gasteiger partial charge in [-0.25, -0.2) is 8.42 Å². The van der Waals surface area contributed by atoms with Crippen molar-refractivity contribution < 1.29 is 27.2 Å². The van der Waals surface area contributed by atoms with Crippen LogP contribution in [0, 0.1) is 6.92 Å². The van der Waals surface area contributed by atoms with Gasteiger partial charge in [-0.1, -0.05) is 35.0 Å². The van der Waals surface area contributed by atoms with Crippen LogP contribution in [0.4, 0.5) is 0 Å². The minimum atomic E-state index is -3.81. The molecule has 0 saturated carbocycles. The number of hydrogen-bond acceptors (Lipinski definition) is 8. The maximum atomic E-state index is 12.2. The lowest BCUT2D eigenvalue weighted by molar-refractivity contribution is -0.144. The molecule has 0 aliphatic rings. The summed E-state index contributed by atoms with van der Waals surface area (Å²) in [4.78, 5) is 16.2. The fraction of sp³-hybridized carbons (Fsp3) is 0.250. The summed E-state index contributed by atoms with van der Waals surface area (Å²) in [5.74, 6) is 0.200. The normalized spacial score (nSPS) is 11.3. The quantitative estimate of drug-likeness (QED) is 0.513. The Bertz CT molecular complexity index is 1110. The van der Waals surface area contributed by atoms with E-state index in [1.807, 2.05) is 26.0 Å². The molecule has 2 aromatic carbocycles. The molecule has 9 nitrogen and oxygen atoms in total. The summed E-state index contributed by atoms with van der Waals surface area (Å²) in [7, 11) is -3.81. The summed E-state index contributed by atoms with van der Waals surface area (Å²) < 4.78 is 42.2. The number of carbonyl (C=O) groups excluding carboxylic acids is 1. The van der Waals surface area contributed by atoms with Crippen LogP contribution in [-0.4, -0.2) is 37.7 Å². The van der Waals surface area contributed by atoms with Gasteiger partial charge in [-0.2, -0.15) is 9.71 Å². The van der Waals surface area contributed by atoms with Crippen LogP contribution in [0.15, 0.2) is 57.9 Å². The Labute approximate surface area is 174 Å². The second kappa shape index (κ2) is 9.51. The van der Waals surface area contributed by atoms with E-state index in [1.54, 1.807) is 24.3 Å².